The second-order valence-electron chi connectivity index (χ2n) is 5.68. The van der Waals surface area contributed by atoms with Crippen LogP contribution in [0, 0.1) is 6.92 Å². The third-order valence-corrected chi connectivity index (χ3v) is 6.47. The summed E-state index contributed by atoms with van der Waals surface area (Å²) in [4.78, 5) is 16.3. The number of halogens is 4. The third kappa shape index (κ3) is 4.42. The lowest BCUT2D eigenvalue weighted by Gasteiger charge is -2.12. The van der Waals surface area contributed by atoms with Crippen LogP contribution in [0.25, 0.3) is 5.69 Å². The van der Waals surface area contributed by atoms with Gasteiger partial charge < -0.3 is 0 Å². The van der Waals surface area contributed by atoms with Gasteiger partial charge in [0, 0.05) is 5.02 Å². The molecular weight excluding hydrogens is 455 g/mol. The zero-order valence-electron chi connectivity index (χ0n) is 14.4. The maximum absolute atomic E-state index is 13.7. The molecular formula is C15H11ClF3N5O3S2. The molecule has 0 aliphatic heterocycles. The topological polar surface area (TPSA) is 120 Å². The van der Waals surface area contributed by atoms with Gasteiger partial charge in [-0.05, 0) is 31.2 Å². The number of hydrogen-bond acceptors (Lipinski definition) is 6. The summed E-state index contributed by atoms with van der Waals surface area (Å²) in [5.41, 5.74) is -2.02. The summed E-state index contributed by atoms with van der Waals surface area (Å²) in [5, 5.41) is 10.9. The minimum atomic E-state index is -4.91. The highest BCUT2D eigenvalue weighted by atomic mass is 35.5. The zero-order chi connectivity index (χ0) is 21.6. The molecule has 1 amide bonds. The van der Waals surface area contributed by atoms with E-state index in [1.807, 2.05) is 0 Å². The quantitative estimate of drug-likeness (QED) is 0.613. The Kier molecular flexibility index (Phi) is 5.42. The van der Waals surface area contributed by atoms with Crippen molar-refractivity contribution in [2.75, 3.05) is 5.32 Å². The fourth-order valence-electron chi connectivity index (χ4n) is 2.43. The first-order valence-corrected chi connectivity index (χ1v) is 10.3. The number of nitrogens with one attached hydrogen (secondary N) is 1. The van der Waals surface area contributed by atoms with Gasteiger partial charge in [-0.15, -0.1) is 0 Å². The lowest BCUT2D eigenvalue weighted by atomic mass is 10.2. The van der Waals surface area contributed by atoms with Crippen LogP contribution in [-0.4, -0.2) is 29.1 Å². The molecule has 14 heteroatoms. The van der Waals surface area contributed by atoms with Crippen LogP contribution in [0.5, 0.6) is 0 Å². The van der Waals surface area contributed by atoms with Crippen molar-refractivity contribution in [1.29, 1.82) is 0 Å². The minimum absolute atomic E-state index is 0.0145. The van der Waals surface area contributed by atoms with E-state index in [4.69, 9.17) is 16.7 Å². The van der Waals surface area contributed by atoms with Crippen molar-refractivity contribution < 1.29 is 26.4 Å². The Bertz CT molecular complexity index is 1190. The number of rotatable bonds is 4. The largest absolute Gasteiger partial charge is 0.434 e. The lowest BCUT2D eigenvalue weighted by Crippen LogP contribution is -2.20. The Morgan fingerprint density at radius 3 is 2.41 bits per heavy atom. The van der Waals surface area contributed by atoms with Gasteiger partial charge in [0.15, 0.2) is 15.0 Å². The standard InChI is InChI=1S/C15H11ClF3N5O3S2/c1-7-13(29(20,26)27)28-14(22-7)23-12(25)10-6-21-24(11(10)15(17,18)19)9-4-2-8(16)3-5-9/h2-6H,1H3,(H2,20,26,27)(H,22,23,25). The van der Waals surface area contributed by atoms with Gasteiger partial charge in [-0.2, -0.15) is 18.3 Å². The number of nitrogens with two attached hydrogens (primary N) is 1. The van der Waals surface area contributed by atoms with Crippen LogP contribution in [-0.2, 0) is 16.2 Å². The number of sulfonamides is 1. The number of alkyl halides is 3. The molecule has 3 aromatic rings. The van der Waals surface area contributed by atoms with Crippen LogP contribution in [0.4, 0.5) is 18.3 Å². The van der Waals surface area contributed by atoms with E-state index in [1.54, 1.807) is 0 Å². The Hall–Kier alpha value is -2.48. The molecule has 0 aliphatic rings. The van der Waals surface area contributed by atoms with Crippen LogP contribution in [0.15, 0.2) is 34.7 Å². The number of primary sulfonamides is 1. The molecule has 8 nitrogen and oxygen atoms in total. The van der Waals surface area contributed by atoms with Crippen LogP contribution in [0.3, 0.4) is 0 Å². The van der Waals surface area contributed by atoms with Crippen LogP contribution in [0.2, 0.25) is 5.02 Å². The van der Waals surface area contributed by atoms with Gasteiger partial charge in [-0.1, -0.05) is 22.9 Å². The molecule has 154 valence electrons. The number of benzene rings is 1. The first kappa shape index (κ1) is 21.2. The fourth-order valence-corrected chi connectivity index (χ4v) is 4.41. The molecule has 0 aliphatic carbocycles. The third-order valence-electron chi connectivity index (χ3n) is 3.59. The molecule has 0 saturated heterocycles. The van der Waals surface area contributed by atoms with Crippen LogP contribution >= 0.6 is 22.9 Å². The van der Waals surface area contributed by atoms with E-state index in [2.05, 4.69) is 15.4 Å². The first-order valence-electron chi connectivity index (χ1n) is 7.60. The van der Waals surface area contributed by atoms with Gasteiger partial charge in [0.2, 0.25) is 10.0 Å². The highest BCUT2D eigenvalue weighted by molar-refractivity contribution is 7.91. The molecule has 29 heavy (non-hydrogen) atoms. The number of nitrogens with zero attached hydrogens (tertiary/aromatic N) is 3. The molecule has 0 spiro atoms. The second kappa shape index (κ2) is 7.40. The zero-order valence-corrected chi connectivity index (χ0v) is 16.7. The van der Waals surface area contributed by atoms with Crippen LogP contribution < -0.4 is 10.5 Å². The van der Waals surface area contributed by atoms with E-state index >= 15 is 0 Å². The highest BCUT2D eigenvalue weighted by Gasteiger charge is 2.40. The van der Waals surface area contributed by atoms with Crippen molar-refractivity contribution in [3.63, 3.8) is 0 Å². The van der Waals surface area contributed by atoms with E-state index in [1.165, 1.54) is 31.2 Å². The average molecular weight is 466 g/mol. The SMILES string of the molecule is Cc1nc(NC(=O)c2cnn(-c3ccc(Cl)cc3)c2C(F)(F)F)sc1S(N)(=O)=O. The molecule has 3 rings (SSSR count). The summed E-state index contributed by atoms with van der Waals surface area (Å²) in [7, 11) is -4.08. The summed E-state index contributed by atoms with van der Waals surface area (Å²) < 4.78 is 64.1. The lowest BCUT2D eigenvalue weighted by molar-refractivity contribution is -0.143. The van der Waals surface area contributed by atoms with E-state index in [9.17, 15) is 26.4 Å². The maximum atomic E-state index is 13.7. The first-order chi connectivity index (χ1) is 13.4. The second-order valence-corrected chi connectivity index (χ2v) is 8.88. The van der Waals surface area contributed by atoms with Gasteiger partial charge in [-0.3, -0.25) is 10.1 Å². The molecule has 3 N–H and O–H groups in total. The number of anilines is 1. The monoisotopic (exact) mass is 465 g/mol. The van der Waals surface area contributed by atoms with Crippen LogP contribution in [0.1, 0.15) is 21.7 Å². The van der Waals surface area contributed by atoms with E-state index in [0.717, 1.165) is 6.20 Å². The van der Waals surface area contributed by atoms with Crippen molar-refractivity contribution in [2.24, 2.45) is 5.14 Å². The number of carbonyl (C=O) groups is 1. The van der Waals surface area contributed by atoms with Crippen molar-refractivity contribution in [3.8, 4) is 5.69 Å². The van der Waals surface area contributed by atoms with Crippen molar-refractivity contribution >= 4 is 44.0 Å². The molecule has 2 heterocycles. The molecule has 0 saturated carbocycles. The van der Waals surface area contributed by atoms with Gasteiger partial charge in [-0.25, -0.2) is 23.2 Å². The number of hydrogen-bond donors (Lipinski definition) is 2. The van der Waals surface area contributed by atoms with Gasteiger partial charge in [0.1, 0.15) is 0 Å². The Morgan fingerprint density at radius 1 is 1.28 bits per heavy atom. The predicted octanol–water partition coefficient (Wildman–Crippen LogP) is 3.21. The molecule has 0 atom stereocenters. The van der Waals surface area contributed by atoms with Crippen molar-refractivity contribution in [1.82, 2.24) is 14.8 Å². The maximum Gasteiger partial charge on any atom is 0.434 e. The van der Waals surface area contributed by atoms with E-state index in [-0.39, 0.29) is 20.7 Å². The number of thiazole rings is 1. The fraction of sp³-hybridized carbons (Fsp3) is 0.133. The minimum Gasteiger partial charge on any atom is -0.298 e. The Labute approximate surface area is 171 Å². The highest BCUT2D eigenvalue weighted by Crippen LogP contribution is 2.34. The molecule has 0 fully saturated rings. The van der Waals surface area contributed by atoms with E-state index < -0.39 is 33.4 Å². The Balaban J connectivity index is 2.01. The smallest absolute Gasteiger partial charge is 0.298 e. The summed E-state index contributed by atoms with van der Waals surface area (Å²) in [6.07, 6.45) is -4.15. The summed E-state index contributed by atoms with van der Waals surface area (Å²) in [6.45, 7) is 1.34. The normalized spacial score (nSPS) is 12.2. The van der Waals surface area contributed by atoms with Gasteiger partial charge in [0.25, 0.3) is 5.91 Å². The number of aromatic nitrogens is 3. The summed E-state index contributed by atoms with van der Waals surface area (Å²) >= 11 is 6.28. The van der Waals surface area contributed by atoms with Crippen molar-refractivity contribution in [2.45, 2.75) is 17.3 Å². The van der Waals surface area contributed by atoms with E-state index in [0.29, 0.717) is 21.0 Å². The van der Waals surface area contributed by atoms with Gasteiger partial charge in [0.05, 0.1) is 23.1 Å². The average Bonchev–Trinajstić information content (AvgIpc) is 3.19. The molecule has 0 radical (unpaired) electrons. The predicted molar refractivity (Wildman–Crippen MR) is 99.8 cm³/mol. The Morgan fingerprint density at radius 2 is 1.90 bits per heavy atom. The summed E-state index contributed by atoms with van der Waals surface area (Å²) in [6, 6.07) is 5.39. The number of amides is 1. The molecule has 0 unspecified atom stereocenters. The molecule has 2 aromatic heterocycles. The molecule has 0 bridgehead atoms. The summed E-state index contributed by atoms with van der Waals surface area (Å²) in [5.74, 6) is -1.16. The van der Waals surface area contributed by atoms with Crippen molar-refractivity contribution in [3.05, 3.63) is 52.4 Å². The van der Waals surface area contributed by atoms with Gasteiger partial charge >= 0.3 is 6.18 Å². The molecule has 1 aromatic carbocycles. The number of carbonyl (C=O) groups excluding carboxylic acids is 1. The number of aryl methyl sites for hydroxylation is 1.